The van der Waals surface area contributed by atoms with E-state index in [-0.39, 0.29) is 23.5 Å². The minimum Gasteiger partial charge on any atom is -0.456 e. The number of carbonyl (C=O) groups excluding carboxylic acids is 3. The molecule has 0 bridgehead atoms. The maximum Gasteiger partial charge on any atom is 0.410 e. The van der Waals surface area contributed by atoms with Crippen LogP contribution < -0.4 is 10.6 Å². The molecule has 0 fully saturated rings. The van der Waals surface area contributed by atoms with Crippen LogP contribution in [0.2, 0.25) is 0 Å². The van der Waals surface area contributed by atoms with Crippen LogP contribution in [0.3, 0.4) is 0 Å². The highest BCUT2D eigenvalue weighted by Crippen LogP contribution is 2.39. The van der Waals surface area contributed by atoms with Crippen LogP contribution in [0.1, 0.15) is 102 Å². The van der Waals surface area contributed by atoms with Crippen molar-refractivity contribution in [2.24, 2.45) is 5.41 Å². The molecule has 0 aromatic heterocycles. The average Bonchev–Trinajstić information content (AvgIpc) is 2.90. The summed E-state index contributed by atoms with van der Waals surface area (Å²) >= 11 is 0. The van der Waals surface area contributed by atoms with Crippen molar-refractivity contribution in [2.75, 3.05) is 18.4 Å². The minimum absolute atomic E-state index is 0.0392. The monoisotopic (exact) mass is 589 g/mol. The van der Waals surface area contributed by atoms with Crippen LogP contribution in [0.15, 0.2) is 48.5 Å². The van der Waals surface area contributed by atoms with E-state index < -0.39 is 23.2 Å². The van der Waals surface area contributed by atoms with Gasteiger partial charge in [0.25, 0.3) is 0 Å². The highest BCUT2D eigenvalue weighted by molar-refractivity contribution is 5.97. The third kappa shape index (κ3) is 8.05. The predicted octanol–water partition coefficient (Wildman–Crippen LogP) is 6.91. The van der Waals surface area contributed by atoms with E-state index in [1.807, 2.05) is 58.6 Å². The Balaban J connectivity index is 1.55. The largest absolute Gasteiger partial charge is 0.456 e. The van der Waals surface area contributed by atoms with Gasteiger partial charge in [0.05, 0.1) is 5.56 Å². The molecule has 2 amide bonds. The van der Waals surface area contributed by atoms with Crippen molar-refractivity contribution < 1.29 is 23.9 Å². The van der Waals surface area contributed by atoms with Gasteiger partial charge in [0, 0.05) is 24.8 Å². The van der Waals surface area contributed by atoms with Crippen molar-refractivity contribution >= 4 is 29.2 Å². The highest BCUT2D eigenvalue weighted by atomic mass is 16.6. The number of nitrogens with one attached hydrogen (secondary N) is 2. The number of rotatable bonds is 4. The van der Waals surface area contributed by atoms with Gasteiger partial charge in [-0.2, -0.15) is 0 Å². The number of hydrogen-bond acceptors (Lipinski definition) is 6. The lowest BCUT2D eigenvalue weighted by Gasteiger charge is -2.43. The van der Waals surface area contributed by atoms with Crippen LogP contribution in [0, 0.1) is 5.41 Å². The Bertz CT molecular complexity index is 1390. The van der Waals surface area contributed by atoms with Gasteiger partial charge in [0.2, 0.25) is 5.91 Å². The summed E-state index contributed by atoms with van der Waals surface area (Å²) in [6, 6.07) is 12.3. The number of hydrogen-bond donors (Lipinski definition) is 2. The molecule has 0 saturated carbocycles. The molecule has 2 aliphatic rings. The van der Waals surface area contributed by atoms with Crippen LogP contribution in [0.5, 0.6) is 0 Å². The Labute approximate surface area is 256 Å². The molecule has 2 aromatic rings. The molecular weight excluding hydrogens is 542 g/mol. The number of fused-ring (bicyclic) bond motifs is 1. The molecule has 2 aromatic carbocycles. The van der Waals surface area contributed by atoms with Crippen LogP contribution in [0.4, 0.5) is 10.5 Å². The summed E-state index contributed by atoms with van der Waals surface area (Å²) in [5, 5.41) is 6.39. The van der Waals surface area contributed by atoms with Gasteiger partial charge in [0.1, 0.15) is 17.2 Å². The van der Waals surface area contributed by atoms with Gasteiger partial charge in [-0.3, -0.25) is 4.79 Å². The molecule has 8 heteroatoms. The molecule has 2 unspecified atom stereocenters. The van der Waals surface area contributed by atoms with Crippen LogP contribution in [-0.4, -0.2) is 53.2 Å². The lowest BCUT2D eigenvalue weighted by Crippen LogP contribution is -2.51. The molecule has 2 heterocycles. The molecule has 4 rings (SSSR count). The number of carbonyl (C=O) groups is 3. The summed E-state index contributed by atoms with van der Waals surface area (Å²) in [5.74, 6) is -0.565. The number of ether oxygens (including phenoxy) is 2. The smallest absolute Gasteiger partial charge is 0.410 e. The number of amides is 2. The number of anilines is 1. The van der Waals surface area contributed by atoms with E-state index in [0.29, 0.717) is 30.8 Å². The zero-order valence-corrected chi connectivity index (χ0v) is 27.1. The molecule has 0 saturated heterocycles. The second kappa shape index (κ2) is 12.2. The first-order valence-electron chi connectivity index (χ1n) is 15.1. The molecule has 2 atom stereocenters. The standard InChI is InChI=1S/C35H47N3O5/c1-33(2,3)28-21-23(18-20-38(28)32(41)43-35(7,8)9)25-11-10-12-27-26(25)17-19-36-29(27)30(39)37-24-15-13-22(14-16-24)31(40)42-34(4,5)6/h10-16,18,28-29,36H,17,19-21H2,1-9H3,(H,37,39). The van der Waals surface area contributed by atoms with Gasteiger partial charge >= 0.3 is 12.1 Å². The Kier molecular flexibility index (Phi) is 9.12. The van der Waals surface area contributed by atoms with E-state index in [4.69, 9.17) is 9.47 Å². The van der Waals surface area contributed by atoms with E-state index in [2.05, 4.69) is 43.5 Å². The molecule has 0 spiro atoms. The van der Waals surface area contributed by atoms with E-state index in [9.17, 15) is 14.4 Å². The van der Waals surface area contributed by atoms with E-state index in [1.54, 1.807) is 24.3 Å². The van der Waals surface area contributed by atoms with Gasteiger partial charge in [-0.25, -0.2) is 9.59 Å². The molecule has 43 heavy (non-hydrogen) atoms. The number of benzene rings is 2. The van der Waals surface area contributed by atoms with Crippen molar-refractivity contribution in [3.05, 3.63) is 70.8 Å². The summed E-state index contributed by atoms with van der Waals surface area (Å²) in [6.45, 7) is 18.7. The predicted molar refractivity (Wildman–Crippen MR) is 170 cm³/mol. The van der Waals surface area contributed by atoms with E-state index in [1.165, 1.54) is 5.57 Å². The van der Waals surface area contributed by atoms with Crippen molar-refractivity contribution in [2.45, 2.75) is 98.4 Å². The third-order valence-electron chi connectivity index (χ3n) is 7.59. The first-order chi connectivity index (χ1) is 19.9. The maximum absolute atomic E-state index is 13.5. The summed E-state index contributed by atoms with van der Waals surface area (Å²) in [6.07, 6.45) is 3.34. The fourth-order valence-corrected chi connectivity index (χ4v) is 5.64. The first-order valence-corrected chi connectivity index (χ1v) is 15.1. The first kappa shape index (κ1) is 32.3. The van der Waals surface area contributed by atoms with Crippen LogP contribution in [-0.2, 0) is 20.7 Å². The Morgan fingerprint density at radius 2 is 1.53 bits per heavy atom. The normalized spacial score (nSPS) is 19.2. The van der Waals surface area contributed by atoms with Gasteiger partial charge in [-0.15, -0.1) is 0 Å². The van der Waals surface area contributed by atoms with E-state index in [0.717, 1.165) is 23.1 Å². The fraction of sp³-hybridized carbons (Fsp3) is 0.514. The summed E-state index contributed by atoms with van der Waals surface area (Å²) in [4.78, 5) is 40.8. The van der Waals surface area contributed by atoms with Crippen LogP contribution >= 0.6 is 0 Å². The summed E-state index contributed by atoms with van der Waals surface area (Å²) in [5.41, 5.74) is 4.17. The molecule has 0 radical (unpaired) electrons. The van der Waals surface area contributed by atoms with E-state index >= 15 is 0 Å². The number of nitrogens with zero attached hydrogens (tertiary/aromatic N) is 1. The topological polar surface area (TPSA) is 97.0 Å². The second-order valence-electron chi connectivity index (χ2n) is 14.5. The zero-order chi connectivity index (χ0) is 31.7. The van der Waals surface area contributed by atoms with Gasteiger partial charge < -0.3 is 25.0 Å². The molecule has 2 N–H and O–H groups in total. The lowest BCUT2D eigenvalue weighted by molar-refractivity contribution is -0.118. The lowest BCUT2D eigenvalue weighted by atomic mass is 9.77. The van der Waals surface area contributed by atoms with Crippen molar-refractivity contribution in [1.29, 1.82) is 0 Å². The third-order valence-corrected chi connectivity index (χ3v) is 7.59. The van der Waals surface area contributed by atoms with Crippen LogP contribution in [0.25, 0.3) is 5.57 Å². The molecule has 2 aliphatic heterocycles. The number of esters is 1. The average molecular weight is 590 g/mol. The highest BCUT2D eigenvalue weighted by Gasteiger charge is 2.39. The Morgan fingerprint density at radius 3 is 2.14 bits per heavy atom. The van der Waals surface area contributed by atoms with Gasteiger partial charge in [-0.1, -0.05) is 45.0 Å². The fourth-order valence-electron chi connectivity index (χ4n) is 5.64. The van der Waals surface area contributed by atoms with Gasteiger partial charge in [0.15, 0.2) is 0 Å². The molecule has 8 nitrogen and oxygen atoms in total. The Hall–Kier alpha value is -3.65. The summed E-state index contributed by atoms with van der Waals surface area (Å²) < 4.78 is 11.2. The zero-order valence-electron chi connectivity index (χ0n) is 27.1. The quantitative estimate of drug-likeness (QED) is 0.377. The molecule has 232 valence electrons. The van der Waals surface area contributed by atoms with Crippen molar-refractivity contribution in [3.8, 4) is 0 Å². The Morgan fingerprint density at radius 1 is 0.884 bits per heavy atom. The summed E-state index contributed by atoms with van der Waals surface area (Å²) in [7, 11) is 0. The molecule has 0 aliphatic carbocycles. The SMILES string of the molecule is CC(C)(C)OC(=O)c1ccc(NC(=O)C2NCCc3c(C4=CCN(C(=O)OC(C)(C)C)C(C(C)(C)C)C4)cccc32)cc1. The van der Waals surface area contributed by atoms with Gasteiger partial charge in [-0.05, 0) is 106 Å². The maximum atomic E-state index is 13.5. The van der Waals surface area contributed by atoms with Crippen molar-refractivity contribution in [1.82, 2.24) is 10.2 Å². The molecular formula is C35H47N3O5. The second-order valence-corrected chi connectivity index (χ2v) is 14.5. The minimum atomic E-state index is -0.582. The van der Waals surface area contributed by atoms with Crippen molar-refractivity contribution in [3.63, 3.8) is 0 Å².